The van der Waals surface area contributed by atoms with Crippen molar-refractivity contribution in [3.8, 4) is 0 Å². The molecule has 25 heavy (non-hydrogen) atoms. The number of Topliss-reactive ketones (excluding diaryl/α,β-unsaturated/α-hetero) is 1. The van der Waals surface area contributed by atoms with Gasteiger partial charge in [0, 0.05) is 5.56 Å². The Morgan fingerprint density at radius 2 is 2.00 bits per heavy atom. The van der Waals surface area contributed by atoms with Gasteiger partial charge in [0.2, 0.25) is 17.4 Å². The minimum Gasteiger partial charge on any atom is -0.460 e. The topological polar surface area (TPSA) is 95.7 Å². The maximum Gasteiger partial charge on any atom is 0.313 e. The maximum absolute atomic E-state index is 13.1. The monoisotopic (exact) mass is 368 g/mol. The molecule has 0 saturated carbocycles. The van der Waals surface area contributed by atoms with E-state index in [-0.39, 0.29) is 16.8 Å². The third-order valence-corrected chi connectivity index (χ3v) is 3.86. The quantitative estimate of drug-likeness (QED) is 0.786. The van der Waals surface area contributed by atoms with Crippen LogP contribution in [0.2, 0.25) is 2.82 Å². The number of hydrogen-bond donors (Lipinski definition) is 1. The predicted molar refractivity (Wildman–Crippen MR) is 91.4 cm³/mol. The summed E-state index contributed by atoms with van der Waals surface area (Å²) >= 11 is 0. The molecule has 2 aromatic rings. The van der Waals surface area contributed by atoms with Crippen LogP contribution >= 0.6 is 0 Å². The minimum absolute atomic E-state index is 0.0845. The Morgan fingerprint density at radius 1 is 1.32 bits per heavy atom. The van der Waals surface area contributed by atoms with Crippen molar-refractivity contribution in [3.63, 3.8) is 0 Å². The van der Waals surface area contributed by atoms with E-state index in [9.17, 15) is 13.2 Å². The number of ketones is 1. The Labute approximate surface area is 158 Å². The van der Waals surface area contributed by atoms with Gasteiger partial charge in [0.05, 0.1) is 9.60 Å². The summed E-state index contributed by atoms with van der Waals surface area (Å²) < 4.78 is 107. The summed E-state index contributed by atoms with van der Waals surface area (Å²) in [5, 5.41) is 0. The molecule has 0 fully saturated rings. The average Bonchev–Trinajstić information content (AvgIpc) is 3.02. The van der Waals surface area contributed by atoms with E-state index in [1.54, 1.807) is 0 Å². The third-order valence-electron chi connectivity index (χ3n) is 2.99. The van der Waals surface area contributed by atoms with Gasteiger partial charge < -0.3 is 14.6 Å². The molecule has 0 radical (unpaired) electrons. The molecule has 0 amide bonds. The second-order valence-corrected chi connectivity index (χ2v) is 6.18. The second-order valence-electron chi connectivity index (χ2n) is 4.90. The Bertz CT molecular complexity index is 1290. The number of hydrogen-bond acceptors (Lipinski definition) is 6. The van der Waals surface area contributed by atoms with Crippen LogP contribution in [0.5, 0.6) is 0 Å². The molecule has 0 aliphatic carbocycles. The summed E-state index contributed by atoms with van der Waals surface area (Å²) in [5.74, 6) is -4.27. The van der Waals surface area contributed by atoms with E-state index in [1.165, 1.54) is 25.1 Å². The Hall–Kier alpha value is -2.80. The lowest BCUT2D eigenvalue weighted by molar-refractivity contribution is -0.123. The largest absolute Gasteiger partial charge is 0.460 e. The molecule has 1 unspecified atom stereocenters. The van der Waals surface area contributed by atoms with E-state index in [0.29, 0.717) is 0 Å². The zero-order valence-electron chi connectivity index (χ0n) is 21.8. The number of rotatable bonds is 6. The van der Waals surface area contributed by atoms with E-state index < -0.39 is 69.1 Å². The van der Waals surface area contributed by atoms with Gasteiger partial charge in [0.1, 0.15) is 5.70 Å². The van der Waals surface area contributed by atoms with Crippen LogP contribution in [-0.2, 0) is 29.5 Å². The molecule has 0 bridgehead atoms. The number of ether oxygens (including phenoxy) is 1. The maximum atomic E-state index is 13.1. The highest BCUT2D eigenvalue weighted by atomic mass is 32.2. The van der Waals surface area contributed by atoms with E-state index in [2.05, 4.69) is 4.18 Å². The molecule has 2 N–H and O–H groups in total. The molecular formula is C18H17NO5S. The van der Waals surface area contributed by atoms with Crippen LogP contribution in [0.4, 0.5) is 0 Å². The van der Waals surface area contributed by atoms with Gasteiger partial charge in [-0.25, -0.2) is 0 Å². The van der Waals surface area contributed by atoms with Crippen LogP contribution in [0.1, 0.15) is 32.4 Å². The first kappa shape index (κ1) is 9.05. The van der Waals surface area contributed by atoms with Crippen molar-refractivity contribution < 1.29 is 34.6 Å². The van der Waals surface area contributed by atoms with Gasteiger partial charge in [-0.05, 0) is 12.5 Å². The summed E-state index contributed by atoms with van der Waals surface area (Å²) in [5.41, 5.74) is -4.92. The molecule has 6 nitrogen and oxygen atoms in total. The number of carbonyl (C=O) groups excluding carboxylic acids is 1. The molecule has 0 saturated heterocycles. The van der Waals surface area contributed by atoms with Crippen molar-refractivity contribution in [2.45, 2.75) is 18.7 Å². The molecule has 1 atom stereocenters. The molecule has 0 spiro atoms. The van der Waals surface area contributed by atoms with Crippen molar-refractivity contribution in [1.82, 2.24) is 0 Å². The van der Waals surface area contributed by atoms with Gasteiger partial charge in [-0.3, -0.25) is 4.79 Å². The molecule has 1 aliphatic heterocycles. The first-order valence-corrected chi connectivity index (χ1v) is 8.31. The van der Waals surface area contributed by atoms with Crippen molar-refractivity contribution in [3.05, 3.63) is 82.8 Å². The summed E-state index contributed by atoms with van der Waals surface area (Å²) in [6.07, 6.45) is -3.15. The van der Waals surface area contributed by atoms with Gasteiger partial charge in [-0.15, -0.1) is 0 Å². The normalized spacial score (nSPS) is 26.0. The molecule has 2 aromatic carbocycles. The van der Waals surface area contributed by atoms with Crippen LogP contribution in [0.3, 0.4) is 0 Å². The number of benzene rings is 2. The molecule has 0 aromatic heterocycles. The van der Waals surface area contributed by atoms with Crippen LogP contribution < -0.4 is 5.72 Å². The minimum atomic E-state index is -5.34. The van der Waals surface area contributed by atoms with Gasteiger partial charge >= 0.3 is 10.1 Å². The van der Waals surface area contributed by atoms with Crippen molar-refractivity contribution in [1.29, 1.82) is 0 Å². The zero-order valence-corrected chi connectivity index (χ0v) is 13.6. The van der Waals surface area contributed by atoms with Crippen molar-refractivity contribution >= 4 is 15.9 Å². The SMILES string of the molecule is [2H]c1c([2H])c(C2([2H])OC(N([2H])[2H])=C(OS(=O)(=O)C([2H])([2H])c3ccccc3)C2=O)c([2H])c([2H])c1C. The molecule has 1 aliphatic rings. The van der Waals surface area contributed by atoms with Crippen LogP contribution in [0.25, 0.3) is 0 Å². The summed E-state index contributed by atoms with van der Waals surface area (Å²) in [4.78, 5) is 13.1. The molecular weight excluding hydrogens is 342 g/mol. The van der Waals surface area contributed by atoms with Crippen LogP contribution in [0.15, 0.2) is 66.1 Å². The summed E-state index contributed by atoms with van der Waals surface area (Å²) in [6, 6.07) is 3.70. The molecule has 130 valence electrons. The molecule has 3 rings (SSSR count). The van der Waals surface area contributed by atoms with Gasteiger partial charge in [-0.2, -0.15) is 8.42 Å². The fourth-order valence-electron chi connectivity index (χ4n) is 1.90. The molecule has 7 heteroatoms. The van der Waals surface area contributed by atoms with Crippen LogP contribution in [0, 0.1) is 6.92 Å². The highest BCUT2D eigenvalue weighted by Gasteiger charge is 2.39. The Kier molecular flexibility index (Phi) is 2.39. The van der Waals surface area contributed by atoms with E-state index in [1.807, 2.05) is 0 Å². The first-order valence-electron chi connectivity index (χ1n) is 11.3. The van der Waals surface area contributed by atoms with E-state index in [0.717, 1.165) is 12.1 Å². The van der Waals surface area contributed by atoms with Crippen molar-refractivity contribution in [2.75, 3.05) is 0 Å². The third kappa shape index (κ3) is 3.83. The Balaban J connectivity index is 2.14. The van der Waals surface area contributed by atoms with Gasteiger partial charge in [0.25, 0.3) is 0 Å². The fraction of sp³-hybridized carbons (Fsp3) is 0.167. The highest BCUT2D eigenvalue weighted by molar-refractivity contribution is 7.86. The zero-order chi connectivity index (χ0) is 25.8. The lowest BCUT2D eigenvalue weighted by Crippen LogP contribution is -2.16. The Morgan fingerprint density at radius 3 is 2.64 bits per heavy atom. The highest BCUT2D eigenvalue weighted by Crippen LogP contribution is 2.32. The van der Waals surface area contributed by atoms with Gasteiger partial charge in [-0.1, -0.05) is 60.1 Å². The van der Waals surface area contributed by atoms with E-state index >= 15 is 0 Å². The van der Waals surface area contributed by atoms with Gasteiger partial charge in [0.15, 0.2) is 8.90 Å². The standard InChI is InChI=1S/C18H17NO5S/c1-12-7-9-14(10-8-12)16-15(20)17(18(19)23-16)24-25(21,22)11-13-5-3-2-4-6-13/h2-10,16H,11,19H2,1H3/i7D,8D,9D,10D,11D2,16D/hD2. The average molecular weight is 368 g/mol. The lowest BCUT2D eigenvalue weighted by atomic mass is 10.0. The smallest absolute Gasteiger partial charge is 0.313 e. The molecule has 1 heterocycles. The van der Waals surface area contributed by atoms with Crippen LogP contribution in [-0.4, -0.2) is 14.2 Å². The number of nitrogens with two attached hydrogens (primary N) is 1. The second kappa shape index (κ2) is 6.60. The summed E-state index contributed by atoms with van der Waals surface area (Å²) in [7, 11) is -5.34. The van der Waals surface area contributed by atoms with E-state index in [4.69, 9.17) is 17.2 Å². The summed E-state index contributed by atoms with van der Waals surface area (Å²) in [6.45, 7) is 1.28. The first-order chi connectivity index (χ1) is 15.6. The fourth-order valence-corrected chi connectivity index (χ4v) is 2.73. The lowest BCUT2D eigenvalue weighted by Gasteiger charge is -2.10. The predicted octanol–water partition coefficient (Wildman–Crippen LogP) is 2.31. The van der Waals surface area contributed by atoms with Crippen molar-refractivity contribution in [2.24, 2.45) is 5.72 Å². The number of carbonyl (C=O) groups is 1.